The minimum atomic E-state index is -3.75. The van der Waals surface area contributed by atoms with Gasteiger partial charge in [0.15, 0.2) is 0 Å². The maximum absolute atomic E-state index is 13.7. The van der Waals surface area contributed by atoms with E-state index in [2.05, 4.69) is 10.3 Å². The standard InChI is InChI=1S/C23H37N3O6S2/c1-22(2)17-7-8-23(22,19(27)13-17)16-34(29,30)26(10-6-12-32-4)14-20-25-18(15-33-20)21(28)24-9-5-11-31-3/h15,17H,5-14,16H2,1-4H3,(H,24,28). The van der Waals surface area contributed by atoms with Gasteiger partial charge in [0.05, 0.1) is 12.3 Å². The number of hydrogen-bond donors (Lipinski definition) is 1. The summed E-state index contributed by atoms with van der Waals surface area (Å²) in [6.07, 6.45) is 3.22. The molecule has 2 bridgehead atoms. The fraction of sp³-hybridized carbons (Fsp3) is 0.783. The van der Waals surface area contributed by atoms with Crippen molar-refractivity contribution < 1.29 is 27.5 Å². The zero-order valence-electron chi connectivity index (χ0n) is 20.6. The highest BCUT2D eigenvalue weighted by Crippen LogP contribution is 2.64. The number of carbonyl (C=O) groups is 2. The molecular weight excluding hydrogens is 478 g/mol. The van der Waals surface area contributed by atoms with Crippen molar-refractivity contribution in [2.45, 2.75) is 52.5 Å². The van der Waals surface area contributed by atoms with Crippen LogP contribution in [0.5, 0.6) is 0 Å². The Labute approximate surface area is 206 Å². The molecule has 0 saturated heterocycles. The predicted molar refractivity (Wildman–Crippen MR) is 130 cm³/mol. The summed E-state index contributed by atoms with van der Waals surface area (Å²) in [6.45, 7) is 5.88. The Bertz CT molecular complexity index is 977. The molecule has 1 heterocycles. The second-order valence-corrected chi connectivity index (χ2v) is 12.7. The molecule has 1 aromatic heterocycles. The van der Waals surface area contributed by atoms with E-state index < -0.39 is 15.4 Å². The van der Waals surface area contributed by atoms with Crippen molar-refractivity contribution >= 4 is 33.1 Å². The number of thiazole rings is 1. The van der Waals surface area contributed by atoms with Gasteiger partial charge >= 0.3 is 0 Å². The van der Waals surface area contributed by atoms with E-state index in [-0.39, 0.29) is 47.6 Å². The van der Waals surface area contributed by atoms with E-state index >= 15 is 0 Å². The van der Waals surface area contributed by atoms with E-state index in [0.29, 0.717) is 50.4 Å². The number of ether oxygens (including phenoxy) is 2. The SMILES string of the molecule is COCCCNC(=O)c1csc(CN(CCCOC)S(=O)(=O)CC23CCC(CC2=O)C3(C)C)n1. The van der Waals surface area contributed by atoms with Crippen molar-refractivity contribution in [3.63, 3.8) is 0 Å². The summed E-state index contributed by atoms with van der Waals surface area (Å²) in [5.41, 5.74) is -0.882. The fourth-order valence-electron chi connectivity index (χ4n) is 5.36. The number of carbonyl (C=O) groups excluding carboxylic acids is 2. The second-order valence-electron chi connectivity index (χ2n) is 9.83. The van der Waals surface area contributed by atoms with Crippen molar-refractivity contribution in [2.75, 3.05) is 46.3 Å². The highest BCUT2D eigenvalue weighted by atomic mass is 32.2. The lowest BCUT2D eigenvalue weighted by molar-refractivity contribution is -0.128. The maximum Gasteiger partial charge on any atom is 0.270 e. The summed E-state index contributed by atoms with van der Waals surface area (Å²) < 4.78 is 38.8. The molecule has 1 N–H and O–H groups in total. The van der Waals surface area contributed by atoms with Crippen LogP contribution in [0.4, 0.5) is 0 Å². The minimum absolute atomic E-state index is 0.0712. The smallest absolute Gasteiger partial charge is 0.270 e. The monoisotopic (exact) mass is 515 g/mol. The molecular formula is C23H37N3O6S2. The zero-order chi connectivity index (χ0) is 25.0. The number of ketones is 1. The van der Waals surface area contributed by atoms with Gasteiger partial charge in [-0.1, -0.05) is 13.8 Å². The Balaban J connectivity index is 1.74. The van der Waals surface area contributed by atoms with Gasteiger partial charge in [-0.3, -0.25) is 9.59 Å². The molecule has 2 aliphatic carbocycles. The van der Waals surface area contributed by atoms with Crippen LogP contribution in [0, 0.1) is 16.7 Å². The van der Waals surface area contributed by atoms with Crippen LogP contribution in [0.1, 0.15) is 61.4 Å². The van der Waals surface area contributed by atoms with Crippen molar-refractivity contribution in [2.24, 2.45) is 16.7 Å². The number of nitrogens with zero attached hydrogens (tertiary/aromatic N) is 2. The third kappa shape index (κ3) is 5.53. The van der Waals surface area contributed by atoms with Gasteiger partial charge in [0.1, 0.15) is 16.5 Å². The number of sulfonamides is 1. The van der Waals surface area contributed by atoms with E-state index in [4.69, 9.17) is 9.47 Å². The first kappa shape index (κ1) is 27.2. The quantitative estimate of drug-likeness (QED) is 0.379. The molecule has 2 aliphatic rings. The van der Waals surface area contributed by atoms with E-state index in [0.717, 1.165) is 6.42 Å². The summed E-state index contributed by atoms with van der Waals surface area (Å²) in [5.74, 6) is -0.133. The molecule has 0 spiro atoms. The van der Waals surface area contributed by atoms with Crippen molar-refractivity contribution in [3.05, 3.63) is 16.1 Å². The molecule has 2 atom stereocenters. The molecule has 1 aromatic rings. The Morgan fingerprint density at radius 1 is 1.26 bits per heavy atom. The van der Waals surface area contributed by atoms with Gasteiger partial charge in [0, 0.05) is 57.7 Å². The maximum atomic E-state index is 13.7. The van der Waals surface area contributed by atoms with E-state index in [1.807, 2.05) is 13.8 Å². The molecule has 2 unspecified atom stereocenters. The van der Waals surface area contributed by atoms with Crippen LogP contribution in [-0.4, -0.2) is 75.7 Å². The van der Waals surface area contributed by atoms with Crippen LogP contribution < -0.4 is 5.32 Å². The summed E-state index contributed by atoms with van der Waals surface area (Å²) in [7, 11) is -0.570. The lowest BCUT2D eigenvalue weighted by atomic mass is 9.70. The Morgan fingerprint density at radius 3 is 2.59 bits per heavy atom. The third-order valence-corrected chi connectivity index (χ3v) is 10.4. The first-order valence-corrected chi connectivity index (χ1v) is 14.3. The molecule has 2 saturated carbocycles. The Hall–Kier alpha value is -1.40. The van der Waals surface area contributed by atoms with Crippen LogP contribution in [0.15, 0.2) is 5.38 Å². The van der Waals surface area contributed by atoms with Gasteiger partial charge in [-0.25, -0.2) is 13.4 Å². The molecule has 3 rings (SSSR count). The Morgan fingerprint density at radius 2 is 1.97 bits per heavy atom. The molecule has 34 heavy (non-hydrogen) atoms. The van der Waals surface area contributed by atoms with Gasteiger partial charge in [0.2, 0.25) is 10.0 Å². The van der Waals surface area contributed by atoms with Crippen LogP contribution in [0.25, 0.3) is 0 Å². The molecule has 11 heteroatoms. The summed E-state index contributed by atoms with van der Waals surface area (Å²) >= 11 is 1.26. The first-order valence-electron chi connectivity index (χ1n) is 11.8. The Kier molecular flexibility index (Phi) is 8.89. The van der Waals surface area contributed by atoms with Gasteiger partial charge in [-0.15, -0.1) is 11.3 Å². The topological polar surface area (TPSA) is 115 Å². The number of nitrogens with one attached hydrogen (secondary N) is 1. The van der Waals surface area contributed by atoms with Crippen LogP contribution in [0.2, 0.25) is 0 Å². The molecule has 0 aliphatic heterocycles. The summed E-state index contributed by atoms with van der Waals surface area (Å²) in [5, 5.41) is 4.98. The predicted octanol–water partition coefficient (Wildman–Crippen LogP) is 2.47. The van der Waals surface area contributed by atoms with Crippen LogP contribution in [-0.2, 0) is 30.8 Å². The third-order valence-electron chi connectivity index (χ3n) is 7.62. The lowest BCUT2D eigenvalue weighted by Gasteiger charge is -2.37. The number of amides is 1. The normalized spacial score (nSPS) is 23.7. The summed E-state index contributed by atoms with van der Waals surface area (Å²) in [6, 6.07) is 0. The van der Waals surface area contributed by atoms with Crippen LogP contribution >= 0.6 is 11.3 Å². The van der Waals surface area contributed by atoms with Crippen molar-refractivity contribution in [1.29, 1.82) is 0 Å². The number of methoxy groups -OCH3 is 2. The summed E-state index contributed by atoms with van der Waals surface area (Å²) in [4.78, 5) is 29.7. The lowest BCUT2D eigenvalue weighted by Crippen LogP contribution is -2.46. The second kappa shape index (κ2) is 11.1. The number of Topliss-reactive ketones (excluding diaryl/α,β-unsaturated/α-hetero) is 1. The number of aromatic nitrogens is 1. The van der Waals surface area contributed by atoms with E-state index in [1.54, 1.807) is 19.6 Å². The zero-order valence-corrected chi connectivity index (χ0v) is 22.2. The molecule has 2 fully saturated rings. The molecule has 9 nitrogen and oxygen atoms in total. The highest BCUT2D eigenvalue weighted by Gasteiger charge is 2.65. The van der Waals surface area contributed by atoms with Gasteiger partial charge in [0.25, 0.3) is 5.91 Å². The molecule has 0 radical (unpaired) electrons. The molecule has 192 valence electrons. The highest BCUT2D eigenvalue weighted by molar-refractivity contribution is 7.89. The number of hydrogen-bond acceptors (Lipinski definition) is 8. The van der Waals surface area contributed by atoms with E-state index in [9.17, 15) is 18.0 Å². The van der Waals surface area contributed by atoms with Crippen molar-refractivity contribution in [1.82, 2.24) is 14.6 Å². The average molecular weight is 516 g/mol. The van der Waals surface area contributed by atoms with Crippen molar-refractivity contribution in [3.8, 4) is 0 Å². The molecule has 1 amide bonds. The number of fused-ring (bicyclic) bond motifs is 2. The minimum Gasteiger partial charge on any atom is -0.385 e. The molecule has 0 aromatic carbocycles. The largest absolute Gasteiger partial charge is 0.385 e. The fourth-order valence-corrected chi connectivity index (χ4v) is 8.44. The first-order chi connectivity index (χ1) is 16.1. The van der Waals surface area contributed by atoms with Gasteiger partial charge in [-0.2, -0.15) is 4.31 Å². The number of rotatable bonds is 14. The van der Waals surface area contributed by atoms with Crippen LogP contribution in [0.3, 0.4) is 0 Å². The van der Waals surface area contributed by atoms with Gasteiger partial charge in [-0.05, 0) is 37.0 Å². The van der Waals surface area contributed by atoms with Gasteiger partial charge < -0.3 is 14.8 Å². The van der Waals surface area contributed by atoms with E-state index in [1.165, 1.54) is 15.6 Å². The average Bonchev–Trinajstić information content (AvgIpc) is 3.39.